The molecule has 1 aromatic rings. The maximum absolute atomic E-state index is 12.0. The molecule has 1 unspecified atom stereocenters. The third-order valence-electron chi connectivity index (χ3n) is 3.89. The van der Waals surface area contributed by atoms with Gasteiger partial charge in [-0.2, -0.15) is 0 Å². The Balaban J connectivity index is 1.66. The number of nitrogens with zero attached hydrogens (tertiary/aromatic N) is 3. The summed E-state index contributed by atoms with van der Waals surface area (Å²) in [6, 6.07) is 3.46. The maximum Gasteiger partial charge on any atom is 0.272 e. The molecule has 1 aromatic heterocycles. The molecular weight excluding hydrogens is 230 g/mol. The molecule has 3 fully saturated rings. The molecule has 1 atom stereocenters. The number of carbonyl (C=O) groups is 1. The molecule has 0 radical (unpaired) electrons. The van der Waals surface area contributed by atoms with E-state index in [0.29, 0.717) is 17.4 Å². The lowest BCUT2D eigenvalue weighted by molar-refractivity contribution is 0.0617. The van der Waals surface area contributed by atoms with Crippen LogP contribution in [0.5, 0.6) is 0 Å². The predicted octanol–water partition coefficient (Wildman–Crippen LogP) is -0.117. The summed E-state index contributed by atoms with van der Waals surface area (Å²) in [5, 5.41) is 10.6. The van der Waals surface area contributed by atoms with Gasteiger partial charge in [-0.1, -0.05) is 0 Å². The van der Waals surface area contributed by atoms with Crippen LogP contribution in [0.25, 0.3) is 0 Å². The number of hydrogen-bond donors (Lipinski definition) is 2. The van der Waals surface area contributed by atoms with Gasteiger partial charge in [0.2, 0.25) is 0 Å². The van der Waals surface area contributed by atoms with Gasteiger partial charge in [-0.15, -0.1) is 10.2 Å². The van der Waals surface area contributed by atoms with Crippen molar-refractivity contribution in [3.05, 3.63) is 17.8 Å². The van der Waals surface area contributed by atoms with Gasteiger partial charge in [0.15, 0.2) is 5.69 Å². The van der Waals surface area contributed by atoms with Crippen molar-refractivity contribution in [2.45, 2.75) is 18.9 Å². The quantitative estimate of drug-likeness (QED) is 0.761. The van der Waals surface area contributed by atoms with Crippen molar-refractivity contribution >= 4 is 11.7 Å². The monoisotopic (exact) mass is 247 g/mol. The van der Waals surface area contributed by atoms with Crippen LogP contribution in [0, 0.1) is 5.92 Å². The first kappa shape index (κ1) is 11.4. The van der Waals surface area contributed by atoms with Crippen molar-refractivity contribution in [2.75, 3.05) is 25.4 Å². The van der Waals surface area contributed by atoms with Crippen LogP contribution in [0.1, 0.15) is 23.3 Å². The number of amides is 1. The molecule has 3 N–H and O–H groups in total. The Morgan fingerprint density at radius 1 is 1.33 bits per heavy atom. The highest BCUT2D eigenvalue weighted by Crippen LogP contribution is 2.27. The number of carbonyl (C=O) groups excluding carboxylic acids is 1. The first-order chi connectivity index (χ1) is 8.72. The highest BCUT2D eigenvalue weighted by molar-refractivity contribution is 5.92. The molecule has 96 valence electrons. The van der Waals surface area contributed by atoms with Crippen LogP contribution < -0.4 is 11.1 Å². The molecule has 0 aliphatic carbocycles. The Hall–Kier alpha value is -1.69. The number of rotatable bonds is 2. The fourth-order valence-corrected chi connectivity index (χ4v) is 2.83. The van der Waals surface area contributed by atoms with E-state index in [1.54, 1.807) is 12.1 Å². The number of piperidine rings is 3. The van der Waals surface area contributed by atoms with Gasteiger partial charge >= 0.3 is 0 Å². The van der Waals surface area contributed by atoms with Gasteiger partial charge in [0.25, 0.3) is 5.91 Å². The topological polar surface area (TPSA) is 84.1 Å². The summed E-state index contributed by atoms with van der Waals surface area (Å²) in [5.74, 6) is 0.788. The van der Waals surface area contributed by atoms with Crippen molar-refractivity contribution in [1.82, 2.24) is 20.4 Å². The molecule has 18 heavy (non-hydrogen) atoms. The minimum absolute atomic E-state index is 0.152. The third-order valence-corrected chi connectivity index (χ3v) is 3.89. The van der Waals surface area contributed by atoms with E-state index in [1.807, 2.05) is 0 Å². The van der Waals surface area contributed by atoms with E-state index in [0.717, 1.165) is 6.54 Å². The molecular formula is C12H17N5O. The van der Waals surface area contributed by atoms with Gasteiger partial charge in [0.05, 0.1) is 0 Å². The molecule has 4 heterocycles. The molecule has 3 aliphatic heterocycles. The zero-order valence-electron chi connectivity index (χ0n) is 10.2. The normalized spacial score (nSPS) is 30.1. The van der Waals surface area contributed by atoms with Crippen molar-refractivity contribution < 1.29 is 4.79 Å². The molecule has 1 amide bonds. The molecule has 6 heteroatoms. The second kappa shape index (κ2) is 4.53. The van der Waals surface area contributed by atoms with Crippen LogP contribution in [-0.2, 0) is 0 Å². The van der Waals surface area contributed by atoms with Gasteiger partial charge in [-0.3, -0.25) is 4.79 Å². The number of fused-ring (bicyclic) bond motifs is 3. The molecule has 2 bridgehead atoms. The predicted molar refractivity (Wildman–Crippen MR) is 66.9 cm³/mol. The summed E-state index contributed by atoms with van der Waals surface area (Å²) in [4.78, 5) is 14.4. The Morgan fingerprint density at radius 3 is 2.67 bits per heavy atom. The van der Waals surface area contributed by atoms with Gasteiger partial charge < -0.3 is 16.0 Å². The van der Waals surface area contributed by atoms with E-state index >= 15 is 0 Å². The molecule has 0 aromatic carbocycles. The van der Waals surface area contributed by atoms with Crippen LogP contribution in [-0.4, -0.2) is 46.7 Å². The SMILES string of the molecule is Nc1ccc(C(=O)NC2CN3CCC2CC3)nn1. The lowest BCUT2D eigenvalue weighted by atomic mass is 9.84. The summed E-state index contributed by atoms with van der Waals surface area (Å²) in [6.45, 7) is 3.29. The van der Waals surface area contributed by atoms with Crippen LogP contribution >= 0.6 is 0 Å². The number of nitrogens with one attached hydrogen (secondary N) is 1. The van der Waals surface area contributed by atoms with Crippen molar-refractivity contribution in [2.24, 2.45) is 5.92 Å². The highest BCUT2D eigenvalue weighted by Gasteiger charge is 2.35. The Bertz CT molecular complexity index is 438. The maximum atomic E-state index is 12.0. The number of nitrogen functional groups attached to an aromatic ring is 1. The van der Waals surface area contributed by atoms with Crippen LogP contribution in [0.15, 0.2) is 12.1 Å². The van der Waals surface area contributed by atoms with E-state index in [9.17, 15) is 4.79 Å². The first-order valence-electron chi connectivity index (χ1n) is 6.35. The first-order valence-corrected chi connectivity index (χ1v) is 6.35. The number of anilines is 1. The van der Waals surface area contributed by atoms with Gasteiger partial charge in [0, 0.05) is 12.6 Å². The van der Waals surface area contributed by atoms with E-state index < -0.39 is 0 Å². The fourth-order valence-electron chi connectivity index (χ4n) is 2.83. The van der Waals surface area contributed by atoms with Crippen molar-refractivity contribution in [1.29, 1.82) is 0 Å². The fraction of sp³-hybridized carbons (Fsp3) is 0.583. The van der Waals surface area contributed by atoms with Crippen LogP contribution in [0.3, 0.4) is 0 Å². The van der Waals surface area contributed by atoms with Crippen molar-refractivity contribution in [3.8, 4) is 0 Å². The van der Waals surface area contributed by atoms with Gasteiger partial charge in [0.1, 0.15) is 5.82 Å². The molecule has 3 saturated heterocycles. The number of nitrogens with two attached hydrogens (primary N) is 1. The van der Waals surface area contributed by atoms with E-state index in [-0.39, 0.29) is 11.9 Å². The summed E-state index contributed by atoms with van der Waals surface area (Å²) < 4.78 is 0. The minimum Gasteiger partial charge on any atom is -0.382 e. The average Bonchev–Trinajstić information content (AvgIpc) is 2.41. The van der Waals surface area contributed by atoms with Crippen LogP contribution in [0.4, 0.5) is 5.82 Å². The second-order valence-corrected chi connectivity index (χ2v) is 5.06. The smallest absolute Gasteiger partial charge is 0.272 e. The highest BCUT2D eigenvalue weighted by atomic mass is 16.2. The molecule has 0 spiro atoms. The summed E-state index contributed by atoms with van der Waals surface area (Å²) in [6.07, 6.45) is 2.36. The zero-order valence-corrected chi connectivity index (χ0v) is 10.2. The zero-order chi connectivity index (χ0) is 12.5. The molecule has 6 nitrogen and oxygen atoms in total. The standard InChI is InChI=1S/C12H17N5O/c13-11-2-1-9(15-16-11)12(18)14-10-7-17-5-3-8(10)4-6-17/h1-2,8,10H,3-7H2,(H2,13,16)(H,14,18). The lowest BCUT2D eigenvalue weighted by Crippen LogP contribution is -2.57. The second-order valence-electron chi connectivity index (χ2n) is 5.06. The minimum atomic E-state index is -0.152. The van der Waals surface area contributed by atoms with E-state index in [4.69, 9.17) is 5.73 Å². The molecule has 3 aliphatic rings. The summed E-state index contributed by atoms with van der Waals surface area (Å²) >= 11 is 0. The van der Waals surface area contributed by atoms with E-state index in [2.05, 4.69) is 20.4 Å². The Kier molecular flexibility index (Phi) is 2.87. The van der Waals surface area contributed by atoms with E-state index in [1.165, 1.54) is 25.9 Å². The molecule has 0 saturated carbocycles. The Morgan fingerprint density at radius 2 is 2.11 bits per heavy atom. The number of hydrogen-bond acceptors (Lipinski definition) is 5. The molecule has 4 rings (SSSR count). The largest absolute Gasteiger partial charge is 0.382 e. The summed E-state index contributed by atoms with van der Waals surface area (Å²) in [7, 11) is 0. The van der Waals surface area contributed by atoms with Crippen LogP contribution in [0.2, 0.25) is 0 Å². The number of aromatic nitrogens is 2. The third kappa shape index (κ3) is 2.15. The average molecular weight is 247 g/mol. The summed E-state index contributed by atoms with van der Waals surface area (Å²) in [5.41, 5.74) is 5.78. The van der Waals surface area contributed by atoms with Gasteiger partial charge in [-0.25, -0.2) is 0 Å². The lowest BCUT2D eigenvalue weighted by Gasteiger charge is -2.44. The van der Waals surface area contributed by atoms with Crippen molar-refractivity contribution in [3.63, 3.8) is 0 Å². The van der Waals surface area contributed by atoms with Gasteiger partial charge in [-0.05, 0) is 44.0 Å². The Labute approximate surface area is 106 Å².